The lowest BCUT2D eigenvalue weighted by molar-refractivity contribution is 0.0596. The molecular weight excluding hydrogens is 278 g/mol. The van der Waals surface area contributed by atoms with Gasteiger partial charge in [-0.2, -0.15) is 0 Å². The van der Waals surface area contributed by atoms with E-state index >= 15 is 0 Å². The van der Waals surface area contributed by atoms with Crippen LogP contribution in [0.4, 0.5) is 0 Å². The van der Waals surface area contributed by atoms with Gasteiger partial charge in [-0.05, 0) is 6.42 Å². The largest absolute Gasteiger partial charge is 0.487 e. The second-order valence-electron chi connectivity index (χ2n) is 4.23. The molecule has 0 aliphatic rings. The van der Waals surface area contributed by atoms with E-state index in [4.69, 9.17) is 10.6 Å². The van der Waals surface area contributed by atoms with Gasteiger partial charge in [0.05, 0.1) is 13.7 Å². The number of esters is 1. The molecule has 0 bridgehead atoms. The number of pyridine rings is 1. The van der Waals surface area contributed by atoms with Crippen molar-refractivity contribution in [3.05, 3.63) is 27.7 Å². The first-order valence-electron chi connectivity index (χ1n) is 6.45. The molecule has 0 radical (unpaired) electrons. The summed E-state index contributed by atoms with van der Waals surface area (Å²) in [5, 5.41) is 2.37. The number of amides is 1. The summed E-state index contributed by atoms with van der Waals surface area (Å²) in [5.41, 5.74) is -1.16. The highest BCUT2D eigenvalue weighted by molar-refractivity contribution is 5.97. The molecule has 0 aromatic carbocycles. The van der Waals surface area contributed by atoms with Crippen molar-refractivity contribution in [1.29, 1.82) is 0 Å². The van der Waals surface area contributed by atoms with E-state index in [9.17, 15) is 14.4 Å². The quantitative estimate of drug-likeness (QED) is 0.430. The van der Waals surface area contributed by atoms with Gasteiger partial charge < -0.3 is 20.6 Å². The second-order valence-corrected chi connectivity index (χ2v) is 4.23. The number of aromatic nitrogens is 1. The summed E-state index contributed by atoms with van der Waals surface area (Å²) in [6.45, 7) is 2.19. The maximum atomic E-state index is 12.3. The van der Waals surface area contributed by atoms with Gasteiger partial charge in [-0.3, -0.25) is 14.3 Å². The summed E-state index contributed by atoms with van der Waals surface area (Å²) < 4.78 is 10.8. The third kappa shape index (κ3) is 3.53. The Hall–Kier alpha value is -2.51. The first-order chi connectivity index (χ1) is 9.97. The molecule has 0 atom stereocenters. The van der Waals surface area contributed by atoms with Crippen molar-refractivity contribution < 1.29 is 19.1 Å². The summed E-state index contributed by atoms with van der Waals surface area (Å²) in [7, 11) is 2.55. The van der Waals surface area contributed by atoms with Gasteiger partial charge in [0.25, 0.3) is 5.91 Å². The number of ether oxygens (including phenoxy) is 2. The van der Waals surface area contributed by atoms with Crippen molar-refractivity contribution in [3.63, 3.8) is 0 Å². The average molecular weight is 297 g/mol. The third-order valence-corrected chi connectivity index (χ3v) is 2.78. The van der Waals surface area contributed by atoms with Gasteiger partial charge in [-0.25, -0.2) is 4.79 Å². The number of rotatable bonds is 6. The Bertz CT molecular complexity index is 594. The molecule has 0 fully saturated rings. The number of nitrogen functional groups attached to an aromatic ring is 1. The van der Waals surface area contributed by atoms with Crippen LogP contribution in [0.15, 0.2) is 11.0 Å². The molecule has 116 valence electrons. The molecule has 0 saturated heterocycles. The van der Waals surface area contributed by atoms with Gasteiger partial charge in [-0.1, -0.05) is 13.3 Å². The molecule has 8 heteroatoms. The molecule has 1 rings (SSSR count). The molecule has 0 aliphatic carbocycles. The number of nitrogens with one attached hydrogen (secondary N) is 1. The monoisotopic (exact) mass is 297 g/mol. The number of carbonyl (C=O) groups excluding carboxylic acids is 2. The Balaban J connectivity index is 3.43. The van der Waals surface area contributed by atoms with Gasteiger partial charge in [0.2, 0.25) is 5.43 Å². The zero-order valence-corrected chi connectivity index (χ0v) is 12.3. The van der Waals surface area contributed by atoms with Crippen molar-refractivity contribution in [2.24, 2.45) is 0 Å². The number of hydrogen-bond donors (Lipinski definition) is 2. The number of nitrogens with two attached hydrogens (primary N) is 1. The van der Waals surface area contributed by atoms with Crippen LogP contribution in [0, 0.1) is 0 Å². The molecule has 1 amide bonds. The van der Waals surface area contributed by atoms with Crippen molar-refractivity contribution in [1.82, 2.24) is 9.99 Å². The van der Waals surface area contributed by atoms with Gasteiger partial charge in [0.1, 0.15) is 5.56 Å². The zero-order chi connectivity index (χ0) is 16.0. The van der Waals surface area contributed by atoms with Gasteiger partial charge in [0.15, 0.2) is 11.4 Å². The summed E-state index contributed by atoms with van der Waals surface area (Å²) in [6.07, 6.45) is 2.59. The lowest BCUT2D eigenvalue weighted by atomic mass is 10.2. The first-order valence-corrected chi connectivity index (χ1v) is 6.45. The fourth-order valence-electron chi connectivity index (χ4n) is 1.66. The fourth-order valence-corrected chi connectivity index (χ4v) is 1.66. The van der Waals surface area contributed by atoms with Crippen molar-refractivity contribution in [2.45, 2.75) is 19.8 Å². The Morgan fingerprint density at radius 2 is 2.10 bits per heavy atom. The minimum atomic E-state index is -0.844. The van der Waals surface area contributed by atoms with E-state index in [1.807, 2.05) is 6.92 Å². The predicted molar refractivity (Wildman–Crippen MR) is 76.0 cm³/mol. The highest BCUT2D eigenvalue weighted by Gasteiger charge is 2.24. The molecule has 8 nitrogen and oxygen atoms in total. The van der Waals surface area contributed by atoms with Crippen LogP contribution in [-0.2, 0) is 4.74 Å². The van der Waals surface area contributed by atoms with Crippen LogP contribution in [-0.4, -0.2) is 37.3 Å². The van der Waals surface area contributed by atoms with Crippen LogP contribution in [0.5, 0.6) is 5.75 Å². The van der Waals surface area contributed by atoms with Crippen molar-refractivity contribution >= 4 is 11.9 Å². The molecule has 3 N–H and O–H groups in total. The number of carbonyl (C=O) groups is 2. The van der Waals surface area contributed by atoms with Crippen molar-refractivity contribution in [3.8, 4) is 5.75 Å². The zero-order valence-electron chi connectivity index (χ0n) is 12.3. The Labute approximate surface area is 121 Å². The Kier molecular flexibility index (Phi) is 5.77. The second kappa shape index (κ2) is 7.32. The molecule has 0 saturated carbocycles. The highest BCUT2D eigenvalue weighted by Crippen LogP contribution is 2.14. The summed E-state index contributed by atoms with van der Waals surface area (Å²) in [4.78, 5) is 35.7. The molecule has 0 aliphatic heterocycles. The van der Waals surface area contributed by atoms with E-state index in [0.29, 0.717) is 6.42 Å². The molecular formula is C13H19N3O5. The lowest BCUT2D eigenvalue weighted by Gasteiger charge is -2.14. The maximum absolute atomic E-state index is 12.3. The average Bonchev–Trinajstić information content (AvgIpc) is 2.48. The summed E-state index contributed by atoms with van der Waals surface area (Å²) in [6, 6.07) is 0. The summed E-state index contributed by atoms with van der Waals surface area (Å²) in [5.74, 6) is 4.01. The minimum Gasteiger partial charge on any atom is -0.487 e. The normalized spacial score (nSPS) is 10.0. The SMILES string of the molecule is CCCCOc1c(C(=O)NC)n(N)cc(C(=O)OC)c1=O. The summed E-state index contributed by atoms with van der Waals surface area (Å²) >= 11 is 0. The fraction of sp³-hybridized carbons (Fsp3) is 0.462. The first kappa shape index (κ1) is 16.5. The van der Waals surface area contributed by atoms with E-state index in [-0.39, 0.29) is 23.6 Å². The Morgan fingerprint density at radius 1 is 1.43 bits per heavy atom. The maximum Gasteiger partial charge on any atom is 0.343 e. The van der Waals surface area contributed by atoms with E-state index in [2.05, 4.69) is 10.1 Å². The topological polar surface area (TPSA) is 113 Å². The number of methoxy groups -OCH3 is 1. The van der Waals surface area contributed by atoms with Crippen LogP contribution in [0.1, 0.15) is 40.6 Å². The van der Waals surface area contributed by atoms with Crippen LogP contribution in [0.3, 0.4) is 0 Å². The highest BCUT2D eigenvalue weighted by atomic mass is 16.5. The number of nitrogens with zero attached hydrogens (tertiary/aromatic N) is 1. The van der Waals surface area contributed by atoms with E-state index in [1.165, 1.54) is 7.05 Å². The lowest BCUT2D eigenvalue weighted by Crippen LogP contribution is -2.33. The minimum absolute atomic E-state index is 0.147. The molecule has 1 aromatic rings. The molecule has 21 heavy (non-hydrogen) atoms. The van der Waals surface area contributed by atoms with E-state index in [1.54, 1.807) is 0 Å². The third-order valence-electron chi connectivity index (χ3n) is 2.78. The van der Waals surface area contributed by atoms with Gasteiger partial charge >= 0.3 is 5.97 Å². The number of unbranched alkanes of at least 4 members (excludes halogenated alkanes) is 1. The van der Waals surface area contributed by atoms with Crippen LogP contribution in [0.25, 0.3) is 0 Å². The van der Waals surface area contributed by atoms with Crippen molar-refractivity contribution in [2.75, 3.05) is 26.6 Å². The van der Waals surface area contributed by atoms with E-state index in [0.717, 1.165) is 24.4 Å². The van der Waals surface area contributed by atoms with Gasteiger partial charge in [0, 0.05) is 13.2 Å². The van der Waals surface area contributed by atoms with E-state index < -0.39 is 17.3 Å². The molecule has 0 spiro atoms. The van der Waals surface area contributed by atoms with Crippen LogP contribution in [0.2, 0.25) is 0 Å². The Morgan fingerprint density at radius 3 is 2.62 bits per heavy atom. The van der Waals surface area contributed by atoms with Crippen LogP contribution < -0.4 is 21.3 Å². The van der Waals surface area contributed by atoms with Gasteiger partial charge in [-0.15, -0.1) is 0 Å². The predicted octanol–water partition coefficient (Wildman–Crippen LogP) is -0.113. The standard InChI is InChI=1S/C13H19N3O5/c1-4-5-6-21-11-9(12(18)15-2)16(14)7-8(10(11)17)13(19)20-3/h7H,4-6,14H2,1-3H3,(H,15,18). The molecule has 0 unspecified atom stereocenters. The number of hydrogen-bond acceptors (Lipinski definition) is 6. The molecule has 1 aromatic heterocycles. The molecule has 1 heterocycles. The van der Waals surface area contributed by atoms with Crippen LogP contribution >= 0.6 is 0 Å². The smallest absolute Gasteiger partial charge is 0.343 e.